The number of esters is 2. The van der Waals surface area contributed by atoms with Gasteiger partial charge in [-0.2, -0.15) is 0 Å². The molecule has 1 heterocycles. The van der Waals surface area contributed by atoms with Crippen LogP contribution in [0.4, 0.5) is 5.00 Å². The summed E-state index contributed by atoms with van der Waals surface area (Å²) >= 11 is 7.51. The van der Waals surface area contributed by atoms with Crippen LogP contribution in [0.25, 0.3) is 11.1 Å². The highest BCUT2D eigenvalue weighted by Gasteiger charge is 2.22. The topological polar surface area (TPSA) is 73.9 Å². The molecule has 3 rings (SSSR count). The van der Waals surface area contributed by atoms with E-state index in [2.05, 4.69) is 5.32 Å². The third kappa shape index (κ3) is 5.57. The van der Waals surface area contributed by atoms with Gasteiger partial charge in [0.2, 0.25) is 0 Å². The molecular weight excluding hydrogens is 438 g/mol. The summed E-state index contributed by atoms with van der Waals surface area (Å²) in [6.45, 7) is 3.67. The third-order valence-electron chi connectivity index (χ3n) is 4.39. The highest BCUT2D eigenvalue weighted by atomic mass is 35.5. The zero-order valence-corrected chi connectivity index (χ0v) is 18.9. The van der Waals surface area contributed by atoms with Gasteiger partial charge in [0.05, 0.1) is 13.7 Å². The van der Waals surface area contributed by atoms with Crippen LogP contribution in [0.15, 0.2) is 47.8 Å². The highest BCUT2D eigenvalue weighted by molar-refractivity contribution is 7.15. The molecule has 0 aliphatic carbocycles. The van der Waals surface area contributed by atoms with Crippen molar-refractivity contribution in [3.05, 3.63) is 64.0 Å². The molecule has 0 saturated carbocycles. The summed E-state index contributed by atoms with van der Waals surface area (Å²) in [6, 6.07) is 12.5. The van der Waals surface area contributed by atoms with Crippen molar-refractivity contribution in [2.45, 2.75) is 20.4 Å². The van der Waals surface area contributed by atoms with Crippen LogP contribution in [0.5, 0.6) is 11.5 Å². The Morgan fingerprint density at radius 2 is 1.87 bits per heavy atom. The summed E-state index contributed by atoms with van der Waals surface area (Å²) < 4.78 is 15.8. The summed E-state index contributed by atoms with van der Waals surface area (Å²) in [5.41, 5.74) is 2.78. The first-order valence-electron chi connectivity index (χ1n) is 9.56. The van der Waals surface area contributed by atoms with Crippen molar-refractivity contribution in [3.8, 4) is 22.6 Å². The molecule has 0 amide bonds. The molecule has 1 aromatic heterocycles. The number of hydrogen-bond acceptors (Lipinski definition) is 7. The van der Waals surface area contributed by atoms with Crippen LogP contribution in [-0.4, -0.2) is 25.7 Å². The van der Waals surface area contributed by atoms with Gasteiger partial charge in [-0.15, -0.1) is 11.3 Å². The Labute approximate surface area is 189 Å². The molecule has 0 fully saturated rings. The van der Waals surface area contributed by atoms with E-state index in [0.29, 0.717) is 33.4 Å². The lowest BCUT2D eigenvalue weighted by atomic mass is 10.0. The van der Waals surface area contributed by atoms with Crippen LogP contribution in [-0.2, 0) is 16.1 Å². The molecule has 6 nitrogen and oxygen atoms in total. The van der Waals surface area contributed by atoms with Gasteiger partial charge in [-0.05, 0) is 42.8 Å². The Morgan fingerprint density at radius 3 is 2.52 bits per heavy atom. The van der Waals surface area contributed by atoms with E-state index < -0.39 is 11.9 Å². The van der Waals surface area contributed by atoms with Crippen molar-refractivity contribution in [2.24, 2.45) is 0 Å². The molecule has 0 saturated heterocycles. The van der Waals surface area contributed by atoms with Gasteiger partial charge in [0, 0.05) is 35.0 Å². The number of methoxy groups -OCH3 is 1. The van der Waals surface area contributed by atoms with Gasteiger partial charge in [-0.1, -0.05) is 23.7 Å². The largest absolute Gasteiger partial charge is 0.497 e. The number of thiophene rings is 1. The number of carbonyl (C=O) groups excluding carboxylic acids is 2. The van der Waals surface area contributed by atoms with Gasteiger partial charge in [-0.3, -0.25) is 4.79 Å². The van der Waals surface area contributed by atoms with Crippen LogP contribution < -0.4 is 14.8 Å². The van der Waals surface area contributed by atoms with Crippen molar-refractivity contribution in [3.63, 3.8) is 0 Å². The molecule has 0 radical (unpaired) electrons. The van der Waals surface area contributed by atoms with E-state index in [1.54, 1.807) is 32.2 Å². The fourth-order valence-corrected chi connectivity index (χ4v) is 4.14. The maximum atomic E-state index is 12.8. The van der Waals surface area contributed by atoms with Gasteiger partial charge in [0.1, 0.15) is 22.1 Å². The molecule has 3 aromatic rings. The maximum Gasteiger partial charge on any atom is 0.341 e. The second-order valence-electron chi connectivity index (χ2n) is 6.50. The molecule has 0 bridgehead atoms. The summed E-state index contributed by atoms with van der Waals surface area (Å²) in [5.74, 6) is 0.306. The van der Waals surface area contributed by atoms with Gasteiger partial charge < -0.3 is 19.5 Å². The van der Waals surface area contributed by atoms with Crippen LogP contribution in [0.1, 0.15) is 29.8 Å². The van der Waals surface area contributed by atoms with Crippen LogP contribution >= 0.6 is 22.9 Å². The van der Waals surface area contributed by atoms with E-state index >= 15 is 0 Å². The molecule has 0 atom stereocenters. The lowest BCUT2D eigenvalue weighted by Gasteiger charge is -2.12. The van der Waals surface area contributed by atoms with E-state index in [1.807, 2.05) is 29.6 Å². The predicted molar refractivity (Wildman–Crippen MR) is 122 cm³/mol. The van der Waals surface area contributed by atoms with Crippen molar-refractivity contribution in [1.82, 2.24) is 0 Å². The molecule has 1 N–H and O–H groups in total. The summed E-state index contributed by atoms with van der Waals surface area (Å²) in [6.07, 6.45) is 0. The normalized spacial score (nSPS) is 10.5. The van der Waals surface area contributed by atoms with Crippen molar-refractivity contribution in [1.29, 1.82) is 0 Å². The van der Waals surface area contributed by atoms with Gasteiger partial charge in [-0.25, -0.2) is 4.79 Å². The molecule has 0 spiro atoms. The van der Waals surface area contributed by atoms with Crippen molar-refractivity contribution < 1.29 is 23.8 Å². The van der Waals surface area contributed by atoms with E-state index in [9.17, 15) is 9.59 Å². The zero-order chi connectivity index (χ0) is 22.4. The SMILES string of the molecule is CCOC(=O)c1c(-c2ccc(OC)cc2)csc1NCc1cc(Cl)ccc1OC(C)=O. The first-order chi connectivity index (χ1) is 14.9. The van der Waals surface area contributed by atoms with Crippen LogP contribution in [0.3, 0.4) is 0 Å². The van der Waals surface area contributed by atoms with Gasteiger partial charge in [0.15, 0.2) is 0 Å². The second kappa shape index (κ2) is 10.3. The minimum absolute atomic E-state index is 0.265. The molecule has 8 heteroatoms. The minimum Gasteiger partial charge on any atom is -0.497 e. The van der Waals surface area contributed by atoms with E-state index in [4.69, 9.17) is 25.8 Å². The van der Waals surface area contributed by atoms with Crippen molar-refractivity contribution in [2.75, 3.05) is 19.0 Å². The zero-order valence-electron chi connectivity index (χ0n) is 17.4. The van der Waals surface area contributed by atoms with Crippen LogP contribution in [0.2, 0.25) is 5.02 Å². The fraction of sp³-hybridized carbons (Fsp3) is 0.217. The molecule has 2 aromatic carbocycles. The number of anilines is 1. The summed E-state index contributed by atoms with van der Waals surface area (Å²) in [7, 11) is 1.60. The average Bonchev–Trinajstić information content (AvgIpc) is 3.18. The molecule has 0 unspecified atom stereocenters. The van der Waals surface area contributed by atoms with Gasteiger partial charge >= 0.3 is 11.9 Å². The first-order valence-corrected chi connectivity index (χ1v) is 10.8. The molecule has 0 aliphatic heterocycles. The number of benzene rings is 2. The summed E-state index contributed by atoms with van der Waals surface area (Å²) in [4.78, 5) is 24.2. The Kier molecular flexibility index (Phi) is 7.55. The minimum atomic E-state index is -0.422. The van der Waals surface area contributed by atoms with Crippen LogP contribution in [0, 0.1) is 0 Å². The van der Waals surface area contributed by atoms with E-state index in [0.717, 1.165) is 16.9 Å². The van der Waals surface area contributed by atoms with E-state index in [-0.39, 0.29) is 6.61 Å². The monoisotopic (exact) mass is 459 g/mol. The molecule has 0 aliphatic rings. The third-order valence-corrected chi connectivity index (χ3v) is 5.56. The smallest absolute Gasteiger partial charge is 0.341 e. The number of ether oxygens (including phenoxy) is 3. The Hall–Kier alpha value is -3.03. The first kappa shape index (κ1) is 22.7. The van der Waals surface area contributed by atoms with E-state index in [1.165, 1.54) is 18.3 Å². The Balaban J connectivity index is 1.93. The maximum absolute atomic E-state index is 12.8. The highest BCUT2D eigenvalue weighted by Crippen LogP contribution is 2.37. The van der Waals surface area contributed by atoms with Gasteiger partial charge in [0.25, 0.3) is 0 Å². The molecule has 31 heavy (non-hydrogen) atoms. The molecule has 162 valence electrons. The average molecular weight is 460 g/mol. The quantitative estimate of drug-likeness (QED) is 0.339. The number of nitrogens with one attached hydrogen (secondary N) is 1. The Bertz CT molecular complexity index is 1080. The molecular formula is C23H22ClNO5S. The number of halogens is 1. The fourth-order valence-electron chi connectivity index (χ4n) is 2.99. The number of hydrogen-bond donors (Lipinski definition) is 1. The Morgan fingerprint density at radius 1 is 1.13 bits per heavy atom. The lowest BCUT2D eigenvalue weighted by molar-refractivity contribution is -0.131. The standard InChI is InChI=1S/C23H22ClNO5S/c1-4-29-23(27)21-19(15-5-8-18(28-3)9-6-15)13-31-22(21)25-12-16-11-17(24)7-10-20(16)30-14(2)26/h5-11,13,25H,4,12H2,1-3H3. The lowest BCUT2D eigenvalue weighted by Crippen LogP contribution is -2.10. The number of carbonyl (C=O) groups is 2. The predicted octanol–water partition coefficient (Wildman–Crippen LogP) is 5.79. The van der Waals surface area contributed by atoms with Crippen molar-refractivity contribution >= 4 is 39.9 Å². The number of rotatable bonds is 8. The second-order valence-corrected chi connectivity index (χ2v) is 7.82. The summed E-state index contributed by atoms with van der Waals surface area (Å²) in [5, 5.41) is 6.34.